The van der Waals surface area contributed by atoms with Crippen LogP contribution in [-0.2, 0) is 9.59 Å². The minimum Gasteiger partial charge on any atom is -0.481 e. The number of carboxylic acids is 1. The average molecular weight is 379 g/mol. The quantitative estimate of drug-likeness (QED) is 0.479. The van der Waals surface area contributed by atoms with Crippen LogP contribution in [0.15, 0.2) is 24.3 Å². The Morgan fingerprint density at radius 1 is 1.30 bits per heavy atom. The first-order valence-corrected chi connectivity index (χ1v) is 10.3. The van der Waals surface area contributed by atoms with Gasteiger partial charge in [0.25, 0.3) is 0 Å². The van der Waals surface area contributed by atoms with E-state index < -0.39 is 18.2 Å². The van der Waals surface area contributed by atoms with Crippen molar-refractivity contribution in [2.45, 2.75) is 71.0 Å². The molecule has 0 saturated heterocycles. The van der Waals surface area contributed by atoms with E-state index in [2.05, 4.69) is 6.92 Å². The number of ketones is 1. The van der Waals surface area contributed by atoms with Crippen LogP contribution in [0.3, 0.4) is 0 Å². The molecule has 2 saturated carbocycles. The van der Waals surface area contributed by atoms with Crippen molar-refractivity contribution in [3.05, 3.63) is 24.3 Å². The van der Waals surface area contributed by atoms with Gasteiger partial charge in [0.2, 0.25) is 0 Å². The Morgan fingerprint density at radius 3 is 2.63 bits per heavy atom. The highest BCUT2D eigenvalue weighted by Gasteiger charge is 2.42. The largest absolute Gasteiger partial charge is 0.481 e. The molecule has 3 N–H and O–H groups in total. The van der Waals surface area contributed by atoms with Gasteiger partial charge in [-0.05, 0) is 37.5 Å². The second-order valence-electron chi connectivity index (χ2n) is 8.30. The molecule has 0 aliphatic heterocycles. The average Bonchev–Trinajstić information content (AvgIpc) is 3.35. The Morgan fingerprint density at radius 2 is 2.00 bits per heavy atom. The van der Waals surface area contributed by atoms with Crippen molar-refractivity contribution in [3.63, 3.8) is 0 Å². The first-order chi connectivity index (χ1) is 12.8. The lowest BCUT2D eigenvalue weighted by atomic mass is 9.89. The molecule has 2 fully saturated rings. The van der Waals surface area contributed by atoms with Gasteiger partial charge in [-0.2, -0.15) is 0 Å². The third-order valence-electron chi connectivity index (χ3n) is 6.09. The van der Waals surface area contributed by atoms with E-state index in [9.17, 15) is 19.8 Å². The molecule has 5 heteroatoms. The van der Waals surface area contributed by atoms with E-state index in [1.807, 2.05) is 25.2 Å². The SMILES string of the molecule is CCCC[C@H](C)[C@H](O)/C=C/[C@H]1[C@H](O)CC(=O)[C@@H]1C/C=C\C[C@@H]1C[C@H]1C(=O)O. The van der Waals surface area contributed by atoms with Gasteiger partial charge in [-0.15, -0.1) is 0 Å². The van der Waals surface area contributed by atoms with E-state index in [-0.39, 0.29) is 41.8 Å². The molecule has 0 spiro atoms. The minimum absolute atomic E-state index is 0.0603. The van der Waals surface area contributed by atoms with E-state index in [0.717, 1.165) is 32.1 Å². The fraction of sp³-hybridized carbons (Fsp3) is 0.727. The minimum atomic E-state index is -0.723. The summed E-state index contributed by atoms with van der Waals surface area (Å²) in [6.07, 6.45) is 11.5. The highest BCUT2D eigenvalue weighted by Crippen LogP contribution is 2.41. The Labute approximate surface area is 162 Å². The molecule has 2 aliphatic carbocycles. The van der Waals surface area contributed by atoms with Crippen LogP contribution < -0.4 is 0 Å². The maximum atomic E-state index is 12.2. The first kappa shape index (κ1) is 21.8. The van der Waals surface area contributed by atoms with Gasteiger partial charge in [0.05, 0.1) is 18.1 Å². The van der Waals surface area contributed by atoms with E-state index in [1.165, 1.54) is 0 Å². The van der Waals surface area contributed by atoms with Gasteiger partial charge in [0.15, 0.2) is 0 Å². The number of carbonyl (C=O) groups excluding carboxylic acids is 1. The molecule has 0 aromatic heterocycles. The second kappa shape index (κ2) is 10.2. The van der Waals surface area contributed by atoms with E-state index >= 15 is 0 Å². The van der Waals surface area contributed by atoms with Crippen molar-refractivity contribution in [2.24, 2.45) is 29.6 Å². The predicted molar refractivity (Wildman–Crippen MR) is 104 cm³/mol. The summed E-state index contributed by atoms with van der Waals surface area (Å²) < 4.78 is 0. The summed E-state index contributed by atoms with van der Waals surface area (Å²) in [7, 11) is 0. The van der Waals surface area contributed by atoms with Crippen molar-refractivity contribution in [3.8, 4) is 0 Å². The number of hydrogen-bond acceptors (Lipinski definition) is 4. The van der Waals surface area contributed by atoms with Gasteiger partial charge in [0.1, 0.15) is 5.78 Å². The number of rotatable bonds is 11. The van der Waals surface area contributed by atoms with Crippen molar-refractivity contribution in [1.29, 1.82) is 0 Å². The highest BCUT2D eigenvalue weighted by atomic mass is 16.4. The number of Topliss-reactive ketones (excluding diaryl/α,β-unsaturated/α-hetero) is 1. The van der Waals surface area contributed by atoms with Gasteiger partial charge in [-0.1, -0.05) is 51.0 Å². The van der Waals surface area contributed by atoms with Crippen molar-refractivity contribution in [1.82, 2.24) is 0 Å². The van der Waals surface area contributed by atoms with Crippen LogP contribution in [0.1, 0.15) is 58.8 Å². The molecule has 0 aromatic carbocycles. The lowest BCUT2D eigenvalue weighted by Crippen LogP contribution is -2.20. The third kappa shape index (κ3) is 6.28. The van der Waals surface area contributed by atoms with Crippen molar-refractivity contribution >= 4 is 11.8 Å². The summed E-state index contributed by atoms with van der Waals surface area (Å²) in [4.78, 5) is 23.1. The zero-order valence-corrected chi connectivity index (χ0v) is 16.5. The van der Waals surface area contributed by atoms with Crippen LogP contribution in [0, 0.1) is 29.6 Å². The summed E-state index contributed by atoms with van der Waals surface area (Å²) in [5, 5.41) is 29.4. The number of aliphatic hydroxyl groups excluding tert-OH is 2. The number of carbonyl (C=O) groups is 2. The van der Waals surface area contributed by atoms with Crippen LogP contribution in [-0.4, -0.2) is 39.3 Å². The lowest BCUT2D eigenvalue weighted by molar-refractivity contribution is -0.138. The number of aliphatic hydroxyl groups is 2. The molecule has 0 amide bonds. The molecule has 0 radical (unpaired) electrons. The fourth-order valence-corrected chi connectivity index (χ4v) is 3.98. The smallest absolute Gasteiger partial charge is 0.306 e. The highest BCUT2D eigenvalue weighted by molar-refractivity contribution is 5.84. The van der Waals surface area contributed by atoms with Crippen molar-refractivity contribution in [2.75, 3.05) is 0 Å². The Bertz CT molecular complexity index is 567. The summed E-state index contributed by atoms with van der Waals surface area (Å²) in [6, 6.07) is 0. The maximum Gasteiger partial charge on any atom is 0.306 e. The van der Waals surface area contributed by atoms with Crippen LogP contribution in [0.25, 0.3) is 0 Å². The molecule has 152 valence electrons. The van der Waals surface area contributed by atoms with Gasteiger partial charge in [-0.25, -0.2) is 0 Å². The molecule has 7 atom stereocenters. The summed E-state index contributed by atoms with van der Waals surface area (Å²) in [6.45, 7) is 4.14. The molecule has 2 rings (SSSR count). The molecule has 0 aromatic rings. The van der Waals surface area contributed by atoms with Crippen LogP contribution in [0.2, 0.25) is 0 Å². The predicted octanol–water partition coefficient (Wildman–Crippen LogP) is 3.35. The van der Waals surface area contributed by atoms with Gasteiger partial charge < -0.3 is 15.3 Å². The molecule has 0 heterocycles. The number of carboxylic acid groups (broad SMARTS) is 1. The zero-order chi connectivity index (χ0) is 20.0. The van der Waals surface area contributed by atoms with E-state index in [4.69, 9.17) is 5.11 Å². The third-order valence-corrected chi connectivity index (χ3v) is 6.09. The topological polar surface area (TPSA) is 94.8 Å². The molecule has 0 bridgehead atoms. The standard InChI is InChI=1S/C22H34O5/c1-3-4-7-14(2)19(23)11-10-17-16(20(24)13-21(17)25)9-6-5-8-15-12-18(15)22(26)27/h5-6,10-11,14-19,21,23,25H,3-4,7-9,12-13H2,1-2H3,(H,26,27)/b6-5-,11-10+/t14-,15+,16+,17+,18+,19+,21+/m0/s1. The first-order valence-electron chi connectivity index (χ1n) is 10.3. The molecular formula is C22H34O5. The monoisotopic (exact) mass is 378 g/mol. The maximum absolute atomic E-state index is 12.2. The van der Waals surface area contributed by atoms with Crippen LogP contribution in [0.5, 0.6) is 0 Å². The number of unbranched alkanes of at least 4 members (excludes halogenated alkanes) is 1. The number of allylic oxidation sites excluding steroid dienone is 2. The van der Waals surface area contributed by atoms with Gasteiger partial charge in [0, 0.05) is 18.3 Å². The van der Waals surface area contributed by atoms with Crippen LogP contribution >= 0.6 is 0 Å². The molecule has 2 aliphatic rings. The van der Waals surface area contributed by atoms with Crippen LogP contribution in [0.4, 0.5) is 0 Å². The summed E-state index contributed by atoms with van der Waals surface area (Å²) >= 11 is 0. The molecule has 27 heavy (non-hydrogen) atoms. The zero-order valence-electron chi connectivity index (χ0n) is 16.5. The molecule has 0 unspecified atom stereocenters. The van der Waals surface area contributed by atoms with E-state index in [0.29, 0.717) is 6.42 Å². The molecule has 5 nitrogen and oxygen atoms in total. The number of hydrogen-bond donors (Lipinski definition) is 3. The fourth-order valence-electron chi connectivity index (χ4n) is 3.98. The number of aliphatic carboxylic acids is 1. The second-order valence-corrected chi connectivity index (χ2v) is 8.30. The Balaban J connectivity index is 1.85. The lowest BCUT2D eigenvalue weighted by Gasteiger charge is -2.19. The van der Waals surface area contributed by atoms with Gasteiger partial charge >= 0.3 is 5.97 Å². The Kier molecular flexibility index (Phi) is 8.24. The van der Waals surface area contributed by atoms with E-state index in [1.54, 1.807) is 6.08 Å². The normalized spacial score (nSPS) is 33.0. The van der Waals surface area contributed by atoms with Gasteiger partial charge in [-0.3, -0.25) is 9.59 Å². The van der Waals surface area contributed by atoms with Crippen molar-refractivity contribution < 1.29 is 24.9 Å². The summed E-state index contributed by atoms with van der Waals surface area (Å²) in [5.74, 6) is -1.02. The summed E-state index contributed by atoms with van der Waals surface area (Å²) in [5.41, 5.74) is 0. The molecular weight excluding hydrogens is 344 g/mol. The Hall–Kier alpha value is -1.46.